The SMILES string of the molecule is O=C(/N=c1\sccn1-c1ccnc(F)c1)N1CCCC1. The van der Waals surface area contributed by atoms with Gasteiger partial charge in [-0.1, -0.05) is 0 Å². The van der Waals surface area contributed by atoms with E-state index >= 15 is 0 Å². The van der Waals surface area contributed by atoms with Gasteiger partial charge in [0.2, 0.25) is 5.95 Å². The molecule has 20 heavy (non-hydrogen) atoms. The Morgan fingerprint density at radius 1 is 1.40 bits per heavy atom. The van der Waals surface area contributed by atoms with Crippen LogP contribution in [0, 0.1) is 5.95 Å². The van der Waals surface area contributed by atoms with Crippen molar-refractivity contribution in [2.24, 2.45) is 4.99 Å². The molecule has 1 fully saturated rings. The van der Waals surface area contributed by atoms with Crippen molar-refractivity contribution in [1.82, 2.24) is 14.5 Å². The molecule has 7 heteroatoms. The molecule has 0 spiro atoms. The van der Waals surface area contributed by atoms with Gasteiger partial charge in [-0.15, -0.1) is 11.3 Å². The fraction of sp³-hybridized carbons (Fsp3) is 0.308. The number of pyridine rings is 1. The number of rotatable bonds is 1. The second kappa shape index (κ2) is 5.54. The summed E-state index contributed by atoms with van der Waals surface area (Å²) in [5.41, 5.74) is 0.603. The maximum Gasteiger partial charge on any atom is 0.346 e. The predicted molar refractivity (Wildman–Crippen MR) is 73.2 cm³/mol. The molecule has 0 aromatic carbocycles. The van der Waals surface area contributed by atoms with Crippen molar-refractivity contribution in [1.29, 1.82) is 0 Å². The number of halogens is 1. The zero-order valence-electron chi connectivity index (χ0n) is 10.7. The van der Waals surface area contributed by atoms with Crippen molar-refractivity contribution in [3.63, 3.8) is 0 Å². The van der Waals surface area contributed by atoms with Crippen molar-refractivity contribution >= 4 is 17.4 Å². The molecule has 2 aromatic heterocycles. The Morgan fingerprint density at radius 2 is 2.20 bits per heavy atom. The highest BCUT2D eigenvalue weighted by atomic mass is 32.1. The molecule has 1 aliphatic heterocycles. The summed E-state index contributed by atoms with van der Waals surface area (Å²) in [7, 11) is 0. The van der Waals surface area contributed by atoms with Gasteiger partial charge in [0.25, 0.3) is 0 Å². The Hall–Kier alpha value is -2.02. The first kappa shape index (κ1) is 13.0. The number of nitrogens with zero attached hydrogens (tertiary/aromatic N) is 4. The number of thiazole rings is 1. The van der Waals surface area contributed by atoms with E-state index in [1.165, 1.54) is 23.6 Å². The summed E-state index contributed by atoms with van der Waals surface area (Å²) < 4.78 is 14.9. The van der Waals surface area contributed by atoms with Crippen LogP contribution in [0.25, 0.3) is 5.69 Å². The first-order valence-corrected chi connectivity index (χ1v) is 7.24. The summed E-state index contributed by atoms with van der Waals surface area (Å²) in [5, 5.41) is 1.81. The maximum atomic E-state index is 13.2. The van der Waals surface area contributed by atoms with E-state index in [9.17, 15) is 9.18 Å². The second-order valence-electron chi connectivity index (χ2n) is 4.48. The van der Waals surface area contributed by atoms with Crippen molar-refractivity contribution in [2.75, 3.05) is 13.1 Å². The molecule has 2 amide bonds. The van der Waals surface area contributed by atoms with Gasteiger partial charge in [0.05, 0.1) is 5.69 Å². The second-order valence-corrected chi connectivity index (χ2v) is 5.35. The van der Waals surface area contributed by atoms with Gasteiger partial charge in [-0.05, 0) is 18.9 Å². The van der Waals surface area contributed by atoms with Crippen LogP contribution in [-0.4, -0.2) is 33.6 Å². The van der Waals surface area contributed by atoms with Crippen LogP contribution in [-0.2, 0) is 0 Å². The van der Waals surface area contributed by atoms with E-state index in [0.717, 1.165) is 25.9 Å². The number of hydrogen-bond acceptors (Lipinski definition) is 3. The first-order valence-electron chi connectivity index (χ1n) is 6.36. The minimum absolute atomic E-state index is 0.228. The summed E-state index contributed by atoms with van der Waals surface area (Å²) in [6.45, 7) is 1.52. The van der Waals surface area contributed by atoms with Crippen LogP contribution in [0.2, 0.25) is 0 Å². The van der Waals surface area contributed by atoms with Gasteiger partial charge in [0, 0.05) is 36.9 Å². The molecule has 0 aliphatic carbocycles. The third-order valence-corrected chi connectivity index (χ3v) is 3.90. The molecule has 2 aromatic rings. The zero-order valence-corrected chi connectivity index (χ0v) is 11.5. The van der Waals surface area contributed by atoms with E-state index in [1.807, 2.05) is 5.38 Å². The van der Waals surface area contributed by atoms with Crippen LogP contribution < -0.4 is 4.80 Å². The smallest absolute Gasteiger partial charge is 0.323 e. The molecule has 0 radical (unpaired) electrons. The lowest BCUT2D eigenvalue weighted by atomic mass is 10.4. The van der Waals surface area contributed by atoms with Crippen LogP contribution in [0.15, 0.2) is 34.9 Å². The average molecular weight is 292 g/mol. The molecule has 3 rings (SSSR count). The zero-order chi connectivity index (χ0) is 13.9. The van der Waals surface area contributed by atoms with Crippen LogP contribution in [0.3, 0.4) is 0 Å². The molecule has 1 saturated heterocycles. The quantitative estimate of drug-likeness (QED) is 0.757. The van der Waals surface area contributed by atoms with Crippen LogP contribution >= 0.6 is 11.3 Å². The van der Waals surface area contributed by atoms with Gasteiger partial charge in [0.15, 0.2) is 4.80 Å². The molecular formula is C13H13FN4OS. The van der Waals surface area contributed by atoms with Crippen molar-refractivity contribution in [3.8, 4) is 5.69 Å². The number of hydrogen-bond donors (Lipinski definition) is 0. The van der Waals surface area contributed by atoms with Gasteiger partial charge in [-0.3, -0.25) is 4.57 Å². The number of aromatic nitrogens is 2. The Labute approximate surface area is 119 Å². The highest BCUT2D eigenvalue weighted by Gasteiger charge is 2.17. The number of amides is 2. The van der Waals surface area contributed by atoms with E-state index in [2.05, 4.69) is 9.98 Å². The topological polar surface area (TPSA) is 50.5 Å². The Kier molecular flexibility index (Phi) is 3.60. The van der Waals surface area contributed by atoms with Crippen molar-refractivity contribution in [2.45, 2.75) is 12.8 Å². The fourth-order valence-electron chi connectivity index (χ4n) is 2.15. The Bertz CT molecular complexity index is 687. The van der Waals surface area contributed by atoms with E-state index in [4.69, 9.17) is 0 Å². The standard InChI is InChI=1S/C13H13FN4OS/c14-11-9-10(3-4-15-11)18-7-8-20-13(18)16-12(19)17-5-1-2-6-17/h3-4,7-9H,1-2,5-6H2/b16-13-. The molecule has 0 unspecified atom stereocenters. The minimum Gasteiger partial charge on any atom is -0.323 e. The average Bonchev–Trinajstić information content (AvgIpc) is 3.09. The minimum atomic E-state index is -0.557. The van der Waals surface area contributed by atoms with Gasteiger partial charge in [-0.2, -0.15) is 9.38 Å². The molecule has 0 N–H and O–H groups in total. The number of urea groups is 1. The predicted octanol–water partition coefficient (Wildman–Crippen LogP) is 2.19. The molecule has 3 heterocycles. The Balaban J connectivity index is 1.95. The first-order chi connectivity index (χ1) is 9.74. The fourth-order valence-corrected chi connectivity index (χ4v) is 2.87. The third kappa shape index (κ3) is 2.62. The number of carbonyl (C=O) groups is 1. The van der Waals surface area contributed by atoms with E-state index in [0.29, 0.717) is 10.5 Å². The molecule has 1 aliphatic rings. The Morgan fingerprint density at radius 3 is 2.95 bits per heavy atom. The maximum absolute atomic E-state index is 13.2. The van der Waals surface area contributed by atoms with Gasteiger partial charge < -0.3 is 4.90 Å². The molecule has 5 nitrogen and oxygen atoms in total. The third-order valence-electron chi connectivity index (χ3n) is 3.15. The summed E-state index contributed by atoms with van der Waals surface area (Å²) >= 11 is 1.34. The van der Waals surface area contributed by atoms with Crippen LogP contribution in [0.5, 0.6) is 0 Å². The highest BCUT2D eigenvalue weighted by molar-refractivity contribution is 7.07. The lowest BCUT2D eigenvalue weighted by Crippen LogP contribution is -2.27. The normalized spacial score (nSPS) is 15.8. The molecule has 0 saturated carbocycles. The lowest BCUT2D eigenvalue weighted by Gasteiger charge is -2.10. The van der Waals surface area contributed by atoms with Gasteiger partial charge >= 0.3 is 6.03 Å². The van der Waals surface area contributed by atoms with E-state index < -0.39 is 5.95 Å². The molecule has 104 valence electrons. The van der Waals surface area contributed by atoms with Crippen LogP contribution in [0.4, 0.5) is 9.18 Å². The molecule has 0 atom stereocenters. The number of likely N-dealkylation sites (tertiary alicyclic amines) is 1. The highest BCUT2D eigenvalue weighted by Crippen LogP contribution is 2.10. The van der Waals surface area contributed by atoms with Crippen LogP contribution in [0.1, 0.15) is 12.8 Å². The summed E-state index contributed by atoms with van der Waals surface area (Å²) in [6, 6.07) is 2.76. The monoisotopic (exact) mass is 292 g/mol. The van der Waals surface area contributed by atoms with E-state index in [-0.39, 0.29) is 6.03 Å². The van der Waals surface area contributed by atoms with Crippen molar-refractivity contribution in [3.05, 3.63) is 40.7 Å². The lowest BCUT2D eigenvalue weighted by molar-refractivity contribution is 0.218. The number of carbonyl (C=O) groups excluding carboxylic acids is 1. The van der Waals surface area contributed by atoms with Crippen molar-refractivity contribution < 1.29 is 9.18 Å². The van der Waals surface area contributed by atoms with Gasteiger partial charge in [0.1, 0.15) is 0 Å². The largest absolute Gasteiger partial charge is 0.346 e. The summed E-state index contributed by atoms with van der Waals surface area (Å²) in [6.07, 6.45) is 5.21. The van der Waals surface area contributed by atoms with E-state index in [1.54, 1.807) is 21.7 Å². The summed E-state index contributed by atoms with van der Waals surface area (Å²) in [4.78, 5) is 22.0. The molecule has 0 bridgehead atoms. The molecular weight excluding hydrogens is 279 g/mol. The van der Waals surface area contributed by atoms with Gasteiger partial charge in [-0.25, -0.2) is 9.78 Å². The summed E-state index contributed by atoms with van der Waals surface area (Å²) in [5.74, 6) is -0.557.